The first-order chi connectivity index (χ1) is 6.23. The summed E-state index contributed by atoms with van der Waals surface area (Å²) < 4.78 is 29.0. The molecule has 0 saturated heterocycles. The summed E-state index contributed by atoms with van der Waals surface area (Å²) in [4.78, 5) is 7.07. The van der Waals surface area contributed by atoms with Crippen molar-refractivity contribution in [3.63, 3.8) is 0 Å². The Morgan fingerprint density at radius 3 is 2.29 bits per heavy atom. The molecule has 1 atom stereocenters. The van der Waals surface area contributed by atoms with Crippen LogP contribution in [0.5, 0.6) is 0 Å². The number of carbonyl (C=O) groups is 1. The lowest BCUT2D eigenvalue weighted by Crippen LogP contribution is -2.25. The van der Waals surface area contributed by atoms with E-state index in [-0.39, 0.29) is 12.5 Å². The number of hydrogen-bond donors (Lipinski definition) is 0. The SMILES string of the molecule is CC(C)C[C@H](C)COC(=O)C(F)(F)Br. The summed E-state index contributed by atoms with van der Waals surface area (Å²) in [6.07, 6.45) is 0.848. The highest BCUT2D eigenvalue weighted by Gasteiger charge is 2.37. The van der Waals surface area contributed by atoms with Crippen LogP contribution < -0.4 is 0 Å². The normalized spacial score (nSPS) is 14.2. The van der Waals surface area contributed by atoms with Crippen LogP contribution in [-0.2, 0) is 9.53 Å². The molecule has 0 aromatic rings. The van der Waals surface area contributed by atoms with Crippen LogP contribution in [0.25, 0.3) is 0 Å². The minimum Gasteiger partial charge on any atom is -0.460 e. The topological polar surface area (TPSA) is 26.3 Å². The Morgan fingerprint density at radius 1 is 1.43 bits per heavy atom. The van der Waals surface area contributed by atoms with E-state index in [1.807, 2.05) is 36.7 Å². The second-order valence-electron chi connectivity index (χ2n) is 3.83. The highest BCUT2D eigenvalue weighted by molar-refractivity contribution is 9.10. The molecule has 0 amide bonds. The van der Waals surface area contributed by atoms with Gasteiger partial charge in [0.05, 0.1) is 6.61 Å². The summed E-state index contributed by atoms with van der Waals surface area (Å²) in [6.45, 7) is 5.95. The van der Waals surface area contributed by atoms with Crippen molar-refractivity contribution >= 4 is 21.9 Å². The van der Waals surface area contributed by atoms with Gasteiger partial charge in [0, 0.05) is 15.9 Å². The van der Waals surface area contributed by atoms with Crippen molar-refractivity contribution in [2.24, 2.45) is 11.8 Å². The van der Waals surface area contributed by atoms with Gasteiger partial charge in [0.15, 0.2) is 0 Å². The molecule has 0 radical (unpaired) electrons. The summed E-state index contributed by atoms with van der Waals surface area (Å²) in [5.74, 6) is -0.949. The molecule has 0 aliphatic rings. The van der Waals surface area contributed by atoms with Gasteiger partial charge in [-0.05, 0) is 18.3 Å². The first-order valence-corrected chi connectivity index (χ1v) is 5.26. The van der Waals surface area contributed by atoms with Crippen molar-refractivity contribution in [1.29, 1.82) is 0 Å². The van der Waals surface area contributed by atoms with E-state index in [0.29, 0.717) is 5.92 Å². The fraction of sp³-hybridized carbons (Fsp3) is 0.889. The molecular formula is C9H15BrF2O2. The lowest BCUT2D eigenvalue weighted by atomic mass is 10.00. The zero-order valence-electron chi connectivity index (χ0n) is 8.52. The third kappa shape index (κ3) is 6.29. The molecule has 0 fully saturated rings. The molecule has 0 spiro atoms. The predicted octanol–water partition coefficient (Wildman–Crippen LogP) is 3.20. The molecule has 0 aromatic carbocycles. The minimum absolute atomic E-state index is 0.0399. The fourth-order valence-corrected chi connectivity index (χ4v) is 1.29. The second kappa shape index (κ2) is 5.63. The van der Waals surface area contributed by atoms with Crippen LogP contribution in [0, 0.1) is 11.8 Å². The number of rotatable bonds is 5. The number of ether oxygens (including phenoxy) is 1. The van der Waals surface area contributed by atoms with Crippen molar-refractivity contribution in [3.05, 3.63) is 0 Å². The Labute approximate surface area is 91.1 Å². The third-order valence-corrected chi connectivity index (χ3v) is 1.93. The number of esters is 1. The zero-order chi connectivity index (χ0) is 11.4. The quantitative estimate of drug-likeness (QED) is 0.568. The van der Waals surface area contributed by atoms with Crippen LogP contribution in [0.15, 0.2) is 0 Å². The molecule has 0 saturated carbocycles. The van der Waals surface area contributed by atoms with Gasteiger partial charge in [0.25, 0.3) is 0 Å². The summed E-state index contributed by atoms with van der Waals surface area (Å²) in [6, 6.07) is 0. The van der Waals surface area contributed by atoms with E-state index in [9.17, 15) is 13.6 Å². The average Bonchev–Trinajstić information content (AvgIpc) is 1.96. The van der Waals surface area contributed by atoms with Crippen LogP contribution in [-0.4, -0.2) is 17.4 Å². The van der Waals surface area contributed by atoms with Gasteiger partial charge in [-0.3, -0.25) is 0 Å². The number of carbonyl (C=O) groups excluding carboxylic acids is 1. The van der Waals surface area contributed by atoms with Gasteiger partial charge < -0.3 is 4.74 Å². The second-order valence-corrected chi connectivity index (χ2v) is 4.83. The van der Waals surface area contributed by atoms with Gasteiger partial charge in [0.2, 0.25) is 0 Å². The van der Waals surface area contributed by atoms with E-state index in [0.717, 1.165) is 6.42 Å². The van der Waals surface area contributed by atoms with E-state index < -0.39 is 10.8 Å². The molecule has 0 rings (SSSR count). The van der Waals surface area contributed by atoms with Crippen molar-refractivity contribution < 1.29 is 18.3 Å². The first-order valence-electron chi connectivity index (χ1n) is 4.47. The van der Waals surface area contributed by atoms with Gasteiger partial charge in [-0.15, -0.1) is 0 Å². The molecule has 0 aliphatic carbocycles. The number of halogens is 3. The molecule has 0 unspecified atom stereocenters. The Kier molecular flexibility index (Phi) is 5.56. The highest BCUT2D eigenvalue weighted by atomic mass is 79.9. The molecule has 2 nitrogen and oxygen atoms in total. The maximum atomic E-state index is 12.3. The lowest BCUT2D eigenvalue weighted by molar-refractivity contribution is -0.160. The number of alkyl halides is 3. The van der Waals surface area contributed by atoms with E-state index in [1.165, 1.54) is 0 Å². The zero-order valence-corrected chi connectivity index (χ0v) is 10.1. The summed E-state index contributed by atoms with van der Waals surface area (Å²) in [5, 5.41) is 0. The average molecular weight is 273 g/mol. The van der Waals surface area contributed by atoms with Crippen molar-refractivity contribution in [2.45, 2.75) is 32.0 Å². The van der Waals surface area contributed by atoms with Crippen LogP contribution in [0.1, 0.15) is 27.2 Å². The Morgan fingerprint density at radius 2 is 1.93 bits per heavy atom. The van der Waals surface area contributed by atoms with Crippen LogP contribution in [0.3, 0.4) is 0 Å². The third-order valence-electron chi connectivity index (χ3n) is 1.60. The van der Waals surface area contributed by atoms with Gasteiger partial charge in [-0.1, -0.05) is 20.8 Å². The molecule has 14 heavy (non-hydrogen) atoms. The van der Waals surface area contributed by atoms with Gasteiger partial charge in [-0.25, -0.2) is 4.79 Å². The largest absolute Gasteiger partial charge is 0.460 e. The highest BCUT2D eigenvalue weighted by Crippen LogP contribution is 2.23. The molecule has 5 heteroatoms. The molecule has 0 bridgehead atoms. The van der Waals surface area contributed by atoms with Gasteiger partial charge in [-0.2, -0.15) is 8.78 Å². The molecule has 84 valence electrons. The van der Waals surface area contributed by atoms with E-state index in [2.05, 4.69) is 4.74 Å². The summed E-state index contributed by atoms with van der Waals surface area (Å²) >= 11 is 1.94. The monoisotopic (exact) mass is 272 g/mol. The van der Waals surface area contributed by atoms with Crippen LogP contribution >= 0.6 is 15.9 Å². The van der Waals surface area contributed by atoms with Crippen molar-refractivity contribution in [2.75, 3.05) is 6.61 Å². The maximum Gasteiger partial charge on any atom is 0.395 e. The maximum absolute atomic E-state index is 12.3. The van der Waals surface area contributed by atoms with E-state index >= 15 is 0 Å². The van der Waals surface area contributed by atoms with Gasteiger partial charge in [0.1, 0.15) is 0 Å². The van der Waals surface area contributed by atoms with E-state index in [1.54, 1.807) is 0 Å². The standard InChI is InChI=1S/C9H15BrF2O2/c1-6(2)4-7(3)5-14-8(13)9(10,11)12/h6-7H,4-5H2,1-3H3/t7-/m0/s1. The Bertz CT molecular complexity index is 190. The van der Waals surface area contributed by atoms with Crippen LogP contribution in [0.2, 0.25) is 0 Å². The summed E-state index contributed by atoms with van der Waals surface area (Å²) in [7, 11) is 0. The molecular weight excluding hydrogens is 258 g/mol. The first kappa shape index (κ1) is 13.8. The number of hydrogen-bond acceptors (Lipinski definition) is 2. The van der Waals surface area contributed by atoms with Gasteiger partial charge >= 0.3 is 10.8 Å². The fourth-order valence-electron chi connectivity index (χ4n) is 1.17. The minimum atomic E-state index is -3.56. The van der Waals surface area contributed by atoms with Crippen molar-refractivity contribution in [3.8, 4) is 0 Å². The molecule has 0 aliphatic heterocycles. The Hall–Kier alpha value is -0.190. The molecule has 0 heterocycles. The summed E-state index contributed by atoms with van der Waals surface area (Å²) in [5.41, 5.74) is 0. The smallest absolute Gasteiger partial charge is 0.395 e. The van der Waals surface area contributed by atoms with Crippen molar-refractivity contribution in [1.82, 2.24) is 0 Å². The van der Waals surface area contributed by atoms with Crippen LogP contribution in [0.4, 0.5) is 8.78 Å². The molecule has 0 N–H and O–H groups in total. The Balaban J connectivity index is 3.78. The predicted molar refractivity (Wildman–Crippen MR) is 53.5 cm³/mol. The lowest BCUT2D eigenvalue weighted by Gasteiger charge is -2.15. The van der Waals surface area contributed by atoms with E-state index in [4.69, 9.17) is 0 Å². The molecule has 0 aromatic heterocycles.